The number of amides is 2. The van der Waals surface area contributed by atoms with Crippen molar-refractivity contribution in [3.63, 3.8) is 0 Å². The van der Waals surface area contributed by atoms with E-state index in [1.165, 1.54) is 11.3 Å². The summed E-state index contributed by atoms with van der Waals surface area (Å²) in [6, 6.07) is 6.41. The van der Waals surface area contributed by atoms with Gasteiger partial charge in [0.15, 0.2) is 0 Å². The fourth-order valence-electron chi connectivity index (χ4n) is 2.95. The maximum absolute atomic E-state index is 12.5. The van der Waals surface area contributed by atoms with Crippen LogP contribution in [0.25, 0.3) is 0 Å². The number of carbonyl (C=O) groups excluding carboxylic acids is 2. The fourth-order valence-corrected chi connectivity index (χ4v) is 3.64. The second-order valence-electron chi connectivity index (χ2n) is 7.22. The second-order valence-corrected chi connectivity index (χ2v) is 8.28. The molecule has 1 aromatic carbocycles. The zero-order valence-electron chi connectivity index (χ0n) is 16.6. The predicted octanol–water partition coefficient (Wildman–Crippen LogP) is 3.15. The molecule has 7 nitrogen and oxygen atoms in total. The first-order chi connectivity index (χ1) is 13.4. The predicted molar refractivity (Wildman–Crippen MR) is 112 cm³/mol. The van der Waals surface area contributed by atoms with Crippen molar-refractivity contribution in [2.45, 2.75) is 52.5 Å². The van der Waals surface area contributed by atoms with Gasteiger partial charge < -0.3 is 10.6 Å². The maximum Gasteiger partial charge on any atom is 0.238 e. The van der Waals surface area contributed by atoms with E-state index in [2.05, 4.69) is 25.7 Å². The molecule has 150 valence electrons. The lowest BCUT2D eigenvalue weighted by Crippen LogP contribution is -2.37. The van der Waals surface area contributed by atoms with Gasteiger partial charge in [-0.3, -0.25) is 14.5 Å². The van der Waals surface area contributed by atoms with Crippen molar-refractivity contribution >= 4 is 34.0 Å². The Morgan fingerprint density at radius 1 is 1.18 bits per heavy atom. The van der Waals surface area contributed by atoms with Gasteiger partial charge >= 0.3 is 0 Å². The van der Waals surface area contributed by atoms with E-state index in [1.54, 1.807) is 0 Å². The van der Waals surface area contributed by atoms with Gasteiger partial charge in [0.1, 0.15) is 5.01 Å². The first-order valence-corrected chi connectivity index (χ1v) is 10.5. The van der Waals surface area contributed by atoms with Crippen molar-refractivity contribution in [1.29, 1.82) is 0 Å². The summed E-state index contributed by atoms with van der Waals surface area (Å²) < 4.78 is 0. The topological polar surface area (TPSA) is 87.2 Å². The molecule has 1 aliphatic rings. The number of nitrogens with zero attached hydrogens (tertiary/aromatic N) is 3. The minimum Gasteiger partial charge on any atom is -0.325 e. The molecule has 1 fully saturated rings. The van der Waals surface area contributed by atoms with Crippen molar-refractivity contribution in [2.24, 2.45) is 0 Å². The summed E-state index contributed by atoms with van der Waals surface area (Å²) in [7, 11) is 0. The first kappa shape index (κ1) is 20.4. The van der Waals surface area contributed by atoms with E-state index in [1.807, 2.05) is 39.0 Å². The molecule has 8 heteroatoms. The molecule has 0 bridgehead atoms. The molecule has 2 N–H and O–H groups in total. The van der Waals surface area contributed by atoms with E-state index in [4.69, 9.17) is 0 Å². The number of hydrogen-bond acceptors (Lipinski definition) is 6. The summed E-state index contributed by atoms with van der Waals surface area (Å²) >= 11 is 1.40. The second kappa shape index (κ2) is 9.25. The van der Waals surface area contributed by atoms with Crippen LogP contribution in [-0.4, -0.2) is 46.0 Å². The van der Waals surface area contributed by atoms with Crippen LogP contribution >= 0.6 is 11.3 Å². The van der Waals surface area contributed by atoms with Crippen LogP contribution in [-0.2, 0) is 16.0 Å². The van der Waals surface area contributed by atoms with Crippen molar-refractivity contribution < 1.29 is 9.59 Å². The summed E-state index contributed by atoms with van der Waals surface area (Å²) in [5, 5.41) is 15.2. The van der Waals surface area contributed by atoms with E-state index in [-0.39, 0.29) is 11.8 Å². The highest BCUT2D eigenvalue weighted by atomic mass is 32.1. The van der Waals surface area contributed by atoms with Gasteiger partial charge in [-0.1, -0.05) is 30.4 Å². The van der Waals surface area contributed by atoms with Crippen LogP contribution in [0.3, 0.4) is 0 Å². The molecule has 0 radical (unpaired) electrons. The third-order valence-corrected chi connectivity index (χ3v) is 5.70. The Bertz CT molecular complexity index is 847. The Morgan fingerprint density at radius 2 is 1.96 bits per heavy atom. The van der Waals surface area contributed by atoms with Crippen LogP contribution in [0.2, 0.25) is 0 Å². The molecule has 2 amide bonds. The average molecular weight is 402 g/mol. The molecule has 28 heavy (non-hydrogen) atoms. The third-order valence-electron chi connectivity index (χ3n) is 4.72. The molecule has 3 rings (SSSR count). The fraction of sp³-hybridized carbons (Fsp3) is 0.500. The van der Waals surface area contributed by atoms with Crippen molar-refractivity contribution in [1.82, 2.24) is 15.1 Å². The summed E-state index contributed by atoms with van der Waals surface area (Å²) in [6.07, 6.45) is 3.29. The Balaban J connectivity index is 1.50. The Kier molecular flexibility index (Phi) is 6.74. The molecule has 1 heterocycles. The number of carbonyl (C=O) groups is 2. The third kappa shape index (κ3) is 5.84. The van der Waals surface area contributed by atoms with Gasteiger partial charge in [-0.05, 0) is 50.3 Å². The van der Waals surface area contributed by atoms with E-state index in [9.17, 15) is 9.59 Å². The van der Waals surface area contributed by atoms with Crippen LogP contribution in [0, 0.1) is 13.8 Å². The smallest absolute Gasteiger partial charge is 0.238 e. The molecule has 0 saturated heterocycles. The number of aryl methyl sites for hydroxylation is 3. The molecular weight excluding hydrogens is 374 g/mol. The maximum atomic E-state index is 12.5. The highest BCUT2D eigenvalue weighted by Gasteiger charge is 2.30. The van der Waals surface area contributed by atoms with Gasteiger partial charge in [-0.25, -0.2) is 0 Å². The summed E-state index contributed by atoms with van der Waals surface area (Å²) in [5.74, 6) is -0.142. The number of aromatic nitrogens is 2. The minimum atomic E-state index is -0.0978. The quantitative estimate of drug-likeness (QED) is 0.674. The molecule has 0 unspecified atom stereocenters. The van der Waals surface area contributed by atoms with Crippen LogP contribution in [0.1, 0.15) is 42.3 Å². The number of anilines is 2. The monoisotopic (exact) mass is 401 g/mol. The van der Waals surface area contributed by atoms with E-state index in [0.717, 1.165) is 41.1 Å². The molecule has 0 spiro atoms. The number of nitrogens with one attached hydrogen (secondary N) is 2. The van der Waals surface area contributed by atoms with Gasteiger partial charge in [-0.2, -0.15) is 0 Å². The van der Waals surface area contributed by atoms with Crippen LogP contribution in [0.4, 0.5) is 10.8 Å². The van der Waals surface area contributed by atoms with Gasteiger partial charge in [0, 0.05) is 24.7 Å². The van der Waals surface area contributed by atoms with Gasteiger partial charge in [0.25, 0.3) is 0 Å². The van der Waals surface area contributed by atoms with E-state index >= 15 is 0 Å². The van der Waals surface area contributed by atoms with Crippen LogP contribution < -0.4 is 10.6 Å². The zero-order chi connectivity index (χ0) is 20.1. The molecule has 0 atom stereocenters. The van der Waals surface area contributed by atoms with Crippen molar-refractivity contribution in [3.05, 3.63) is 34.3 Å². The van der Waals surface area contributed by atoms with E-state index in [0.29, 0.717) is 30.7 Å². The van der Waals surface area contributed by atoms with Gasteiger partial charge in [-0.15, -0.1) is 10.2 Å². The van der Waals surface area contributed by atoms with Crippen molar-refractivity contribution in [3.8, 4) is 0 Å². The summed E-state index contributed by atoms with van der Waals surface area (Å²) in [4.78, 5) is 26.8. The van der Waals surface area contributed by atoms with Crippen molar-refractivity contribution in [2.75, 3.05) is 23.7 Å². The molecule has 2 aromatic rings. The molecular formula is C20H27N5O2S. The highest BCUT2D eigenvalue weighted by molar-refractivity contribution is 7.15. The SMILES string of the molecule is CCc1nnc(NC(=O)CCN(CC(=O)Nc2cc(C)ccc2C)C2CC2)s1. The lowest BCUT2D eigenvalue weighted by molar-refractivity contribution is -0.119. The number of hydrogen-bond donors (Lipinski definition) is 2. The molecule has 1 saturated carbocycles. The molecule has 1 aromatic heterocycles. The van der Waals surface area contributed by atoms with Crippen LogP contribution in [0.5, 0.6) is 0 Å². The number of rotatable bonds is 9. The zero-order valence-corrected chi connectivity index (χ0v) is 17.4. The highest BCUT2D eigenvalue weighted by Crippen LogP contribution is 2.27. The lowest BCUT2D eigenvalue weighted by Gasteiger charge is -2.21. The average Bonchev–Trinajstić information content (AvgIpc) is 3.41. The minimum absolute atomic E-state index is 0.0438. The van der Waals surface area contributed by atoms with E-state index < -0.39 is 0 Å². The Labute approximate surface area is 169 Å². The standard InChI is InChI=1S/C20H27N5O2S/c1-4-19-23-24-20(28-19)22-17(26)9-10-25(15-7-8-15)12-18(27)21-16-11-13(2)5-6-14(16)3/h5-6,11,15H,4,7-10,12H2,1-3H3,(H,21,27)(H,22,24,26). The molecule has 1 aliphatic carbocycles. The first-order valence-electron chi connectivity index (χ1n) is 9.68. The Morgan fingerprint density at radius 3 is 2.64 bits per heavy atom. The van der Waals surface area contributed by atoms with Gasteiger partial charge in [0.05, 0.1) is 6.54 Å². The van der Waals surface area contributed by atoms with Crippen LogP contribution in [0.15, 0.2) is 18.2 Å². The van der Waals surface area contributed by atoms with Gasteiger partial charge in [0.2, 0.25) is 16.9 Å². The number of benzene rings is 1. The summed E-state index contributed by atoms with van der Waals surface area (Å²) in [5.41, 5.74) is 3.00. The Hall–Kier alpha value is -2.32. The normalized spacial score (nSPS) is 13.6. The largest absolute Gasteiger partial charge is 0.325 e. The molecule has 0 aliphatic heterocycles. The lowest BCUT2D eigenvalue weighted by atomic mass is 10.1. The summed E-state index contributed by atoms with van der Waals surface area (Å²) in [6.45, 7) is 6.84.